The fourth-order valence-corrected chi connectivity index (χ4v) is 3.02. The second kappa shape index (κ2) is 8.15. The minimum atomic E-state index is -0.912. The molecule has 156 valence electrons. The van der Waals surface area contributed by atoms with Crippen LogP contribution in [0.1, 0.15) is 13.8 Å². The number of carbonyl (C=O) groups is 2. The summed E-state index contributed by atoms with van der Waals surface area (Å²) < 4.78 is 5.67. The van der Waals surface area contributed by atoms with E-state index in [0.717, 1.165) is 0 Å². The van der Waals surface area contributed by atoms with Gasteiger partial charge in [0.2, 0.25) is 5.91 Å². The normalized spacial score (nSPS) is 15.4. The lowest BCUT2D eigenvalue weighted by Crippen LogP contribution is -2.50. The first-order valence-corrected chi connectivity index (χ1v) is 8.98. The molecule has 11 heteroatoms. The number of carbonyl (C=O) groups excluding carboxylic acids is 2. The summed E-state index contributed by atoms with van der Waals surface area (Å²) >= 11 is 0. The summed E-state index contributed by atoms with van der Waals surface area (Å²) in [5, 5.41) is 24.5. The molecule has 2 aromatic carbocycles. The van der Waals surface area contributed by atoms with Gasteiger partial charge < -0.3 is 10.1 Å². The smallest absolute Gasteiger partial charge is 0.273 e. The number of ether oxygens (including phenoxy) is 1. The number of benzene rings is 2. The van der Waals surface area contributed by atoms with Gasteiger partial charge in [-0.05, 0) is 18.1 Å². The number of nitrogens with zero attached hydrogens (tertiary/aromatic N) is 3. The van der Waals surface area contributed by atoms with Crippen LogP contribution in [0.3, 0.4) is 0 Å². The number of amides is 2. The summed E-state index contributed by atoms with van der Waals surface area (Å²) in [6.45, 7) is 3.12. The SMILES string of the molecule is CC(C)C1Oc2cc([N+](=O)[O-])ccc2N(CC(=O)Nc2cccc([N+](=O)[O-])c2)C1=O. The number of hydrogen-bond donors (Lipinski definition) is 1. The van der Waals surface area contributed by atoms with Crippen LogP contribution in [0.5, 0.6) is 5.75 Å². The maximum absolute atomic E-state index is 12.9. The van der Waals surface area contributed by atoms with Crippen LogP contribution in [0, 0.1) is 26.1 Å². The first-order chi connectivity index (χ1) is 14.2. The summed E-state index contributed by atoms with van der Waals surface area (Å²) in [5.41, 5.74) is 0.0512. The van der Waals surface area contributed by atoms with Crippen LogP contribution in [0.15, 0.2) is 42.5 Å². The van der Waals surface area contributed by atoms with Gasteiger partial charge in [0.25, 0.3) is 17.3 Å². The molecular weight excluding hydrogens is 396 g/mol. The zero-order chi connectivity index (χ0) is 22.0. The van der Waals surface area contributed by atoms with Gasteiger partial charge in [0.05, 0.1) is 21.6 Å². The van der Waals surface area contributed by atoms with E-state index in [1.165, 1.54) is 47.4 Å². The average Bonchev–Trinajstić information content (AvgIpc) is 2.69. The molecule has 2 amide bonds. The van der Waals surface area contributed by atoms with Crippen LogP contribution >= 0.6 is 0 Å². The molecule has 0 bridgehead atoms. The maximum atomic E-state index is 12.9. The van der Waals surface area contributed by atoms with E-state index >= 15 is 0 Å². The van der Waals surface area contributed by atoms with Crippen molar-refractivity contribution >= 4 is 34.6 Å². The van der Waals surface area contributed by atoms with Crippen LogP contribution in [0.25, 0.3) is 0 Å². The summed E-state index contributed by atoms with van der Waals surface area (Å²) in [6.07, 6.45) is -0.912. The van der Waals surface area contributed by atoms with Gasteiger partial charge in [0, 0.05) is 23.9 Å². The van der Waals surface area contributed by atoms with E-state index in [1.807, 2.05) is 0 Å². The largest absolute Gasteiger partial charge is 0.478 e. The highest BCUT2D eigenvalue weighted by molar-refractivity contribution is 6.06. The molecule has 0 aliphatic carbocycles. The number of non-ortho nitro benzene ring substituents is 2. The lowest BCUT2D eigenvalue weighted by atomic mass is 10.0. The van der Waals surface area contributed by atoms with Gasteiger partial charge in [-0.3, -0.25) is 34.7 Å². The van der Waals surface area contributed by atoms with E-state index in [4.69, 9.17) is 4.74 Å². The lowest BCUT2D eigenvalue weighted by molar-refractivity contribution is -0.385. The Balaban J connectivity index is 1.87. The second-order valence-electron chi connectivity index (χ2n) is 6.97. The molecule has 0 fully saturated rings. The average molecular weight is 414 g/mol. The van der Waals surface area contributed by atoms with Crippen molar-refractivity contribution in [3.05, 3.63) is 62.7 Å². The Bertz CT molecular complexity index is 1040. The fraction of sp³-hybridized carbons (Fsp3) is 0.263. The van der Waals surface area contributed by atoms with Gasteiger partial charge in [-0.25, -0.2) is 0 Å². The first-order valence-electron chi connectivity index (χ1n) is 8.98. The summed E-state index contributed by atoms with van der Waals surface area (Å²) in [7, 11) is 0. The Labute approximate surface area is 170 Å². The molecule has 0 saturated carbocycles. The van der Waals surface area contributed by atoms with Crippen molar-refractivity contribution in [2.24, 2.45) is 5.92 Å². The van der Waals surface area contributed by atoms with Gasteiger partial charge in [0.15, 0.2) is 11.9 Å². The van der Waals surface area contributed by atoms with E-state index in [2.05, 4.69) is 5.32 Å². The van der Waals surface area contributed by atoms with Gasteiger partial charge in [0.1, 0.15) is 6.54 Å². The number of nitro benzene ring substituents is 2. The van der Waals surface area contributed by atoms with Crippen molar-refractivity contribution in [3.63, 3.8) is 0 Å². The number of hydrogen-bond acceptors (Lipinski definition) is 7. The number of nitro groups is 2. The minimum absolute atomic E-state index is 0.130. The molecule has 1 N–H and O–H groups in total. The van der Waals surface area contributed by atoms with Crippen molar-refractivity contribution in [2.45, 2.75) is 20.0 Å². The van der Waals surface area contributed by atoms with Gasteiger partial charge >= 0.3 is 0 Å². The molecule has 0 aromatic heterocycles. The predicted molar refractivity (Wildman–Crippen MR) is 106 cm³/mol. The Morgan fingerprint density at radius 3 is 2.43 bits per heavy atom. The van der Waals surface area contributed by atoms with Crippen molar-refractivity contribution < 1.29 is 24.2 Å². The van der Waals surface area contributed by atoms with Gasteiger partial charge in [-0.15, -0.1) is 0 Å². The zero-order valence-electron chi connectivity index (χ0n) is 16.1. The standard InChI is InChI=1S/C19H18N4O7/c1-11(2)18-19(25)21(15-7-6-14(23(28)29)9-16(15)30-18)10-17(24)20-12-4-3-5-13(8-12)22(26)27/h3-9,11,18H,10H2,1-2H3,(H,20,24). The molecule has 0 radical (unpaired) electrons. The number of nitrogens with one attached hydrogen (secondary N) is 1. The fourth-order valence-electron chi connectivity index (χ4n) is 3.02. The van der Waals surface area contributed by atoms with E-state index in [0.29, 0.717) is 0 Å². The van der Waals surface area contributed by atoms with E-state index in [9.17, 15) is 29.8 Å². The molecule has 11 nitrogen and oxygen atoms in total. The zero-order valence-corrected chi connectivity index (χ0v) is 16.1. The Morgan fingerprint density at radius 1 is 1.13 bits per heavy atom. The molecule has 1 heterocycles. The van der Waals surface area contributed by atoms with Crippen molar-refractivity contribution in [1.29, 1.82) is 0 Å². The third-order valence-electron chi connectivity index (χ3n) is 4.46. The molecule has 0 saturated heterocycles. The van der Waals surface area contributed by atoms with Crippen molar-refractivity contribution in [2.75, 3.05) is 16.8 Å². The Hall–Kier alpha value is -4.02. The van der Waals surface area contributed by atoms with Crippen LogP contribution in [0.2, 0.25) is 0 Å². The summed E-state index contributed by atoms with van der Waals surface area (Å²) in [4.78, 5) is 47.4. The van der Waals surface area contributed by atoms with Gasteiger partial charge in [-0.1, -0.05) is 19.9 Å². The lowest BCUT2D eigenvalue weighted by Gasteiger charge is -2.35. The molecule has 1 atom stereocenters. The molecule has 30 heavy (non-hydrogen) atoms. The van der Waals surface area contributed by atoms with Crippen LogP contribution in [0.4, 0.5) is 22.7 Å². The minimum Gasteiger partial charge on any atom is -0.478 e. The Morgan fingerprint density at radius 2 is 1.80 bits per heavy atom. The number of anilines is 2. The van der Waals surface area contributed by atoms with Crippen LogP contribution in [-0.4, -0.2) is 34.3 Å². The number of fused-ring (bicyclic) bond motifs is 1. The highest BCUT2D eigenvalue weighted by Crippen LogP contribution is 2.38. The topological polar surface area (TPSA) is 145 Å². The molecule has 1 aliphatic heterocycles. The number of rotatable bonds is 6. The van der Waals surface area contributed by atoms with Gasteiger partial charge in [-0.2, -0.15) is 0 Å². The maximum Gasteiger partial charge on any atom is 0.273 e. The molecule has 2 aromatic rings. The van der Waals surface area contributed by atoms with Crippen LogP contribution in [-0.2, 0) is 9.59 Å². The highest BCUT2D eigenvalue weighted by atomic mass is 16.6. The highest BCUT2D eigenvalue weighted by Gasteiger charge is 2.38. The molecule has 1 unspecified atom stereocenters. The van der Waals surface area contributed by atoms with E-state index in [1.54, 1.807) is 13.8 Å². The van der Waals surface area contributed by atoms with Crippen molar-refractivity contribution in [1.82, 2.24) is 0 Å². The monoisotopic (exact) mass is 414 g/mol. The first kappa shape index (κ1) is 20.7. The third kappa shape index (κ3) is 4.19. The molecule has 1 aliphatic rings. The molecular formula is C19H18N4O7. The summed E-state index contributed by atoms with van der Waals surface area (Å²) in [5.74, 6) is -1.16. The van der Waals surface area contributed by atoms with E-state index in [-0.39, 0.29) is 41.0 Å². The second-order valence-corrected chi connectivity index (χ2v) is 6.97. The van der Waals surface area contributed by atoms with Crippen molar-refractivity contribution in [3.8, 4) is 5.75 Å². The van der Waals surface area contributed by atoms with Crippen LogP contribution < -0.4 is 15.0 Å². The quantitative estimate of drug-likeness (QED) is 0.565. The Kier molecular flexibility index (Phi) is 5.63. The molecule has 0 spiro atoms. The third-order valence-corrected chi connectivity index (χ3v) is 4.46. The molecule has 3 rings (SSSR count). The van der Waals surface area contributed by atoms with E-state index < -0.39 is 27.8 Å². The predicted octanol–water partition coefficient (Wildman–Crippen LogP) is 2.89. The summed E-state index contributed by atoms with van der Waals surface area (Å²) in [6, 6.07) is 9.18.